The first-order chi connectivity index (χ1) is 9.81. The number of likely N-dealkylation sites (N-methyl/N-ethyl adjacent to an activating group) is 1. The van der Waals surface area contributed by atoms with E-state index in [1.807, 2.05) is 12.3 Å². The second-order valence-corrected chi connectivity index (χ2v) is 7.19. The zero-order valence-corrected chi connectivity index (χ0v) is 12.6. The Hall–Kier alpha value is -0.890. The summed E-state index contributed by atoms with van der Waals surface area (Å²) in [6.45, 7) is 5.68. The lowest BCUT2D eigenvalue weighted by Gasteiger charge is -2.27. The highest BCUT2D eigenvalue weighted by atomic mass is 15.0. The van der Waals surface area contributed by atoms with Crippen molar-refractivity contribution < 1.29 is 0 Å². The molecule has 2 bridgehead atoms. The molecule has 6 atom stereocenters. The molecule has 2 heteroatoms. The van der Waals surface area contributed by atoms with Gasteiger partial charge in [0.2, 0.25) is 0 Å². The summed E-state index contributed by atoms with van der Waals surface area (Å²) in [4.78, 5) is 4.60. The van der Waals surface area contributed by atoms with Crippen LogP contribution in [0.2, 0.25) is 0 Å². The summed E-state index contributed by atoms with van der Waals surface area (Å²) in [5.41, 5.74) is 1.26. The van der Waals surface area contributed by atoms with Gasteiger partial charge in [-0.15, -0.1) is 0 Å². The highest BCUT2D eigenvalue weighted by Gasteiger charge is 2.67. The highest BCUT2D eigenvalue weighted by Crippen LogP contribution is 2.71. The van der Waals surface area contributed by atoms with Crippen molar-refractivity contribution in [3.05, 3.63) is 30.1 Å². The number of hydrogen-bond acceptors (Lipinski definition) is 2. The largest absolute Gasteiger partial charge is 0.313 e. The molecule has 1 N–H and O–H groups in total. The van der Waals surface area contributed by atoms with Crippen LogP contribution in [0.25, 0.3) is 0 Å². The maximum atomic E-state index is 4.60. The zero-order valence-electron chi connectivity index (χ0n) is 12.6. The van der Waals surface area contributed by atoms with Gasteiger partial charge in [-0.2, -0.15) is 0 Å². The van der Waals surface area contributed by atoms with Crippen molar-refractivity contribution in [2.75, 3.05) is 6.54 Å². The number of nitrogens with zero attached hydrogens (tertiary/aromatic N) is 1. The molecule has 3 saturated carbocycles. The number of hydrogen-bond donors (Lipinski definition) is 1. The van der Waals surface area contributed by atoms with E-state index in [0.29, 0.717) is 12.0 Å². The molecule has 1 heterocycles. The molecule has 2 nitrogen and oxygen atoms in total. The fourth-order valence-electron chi connectivity index (χ4n) is 5.58. The van der Waals surface area contributed by atoms with E-state index < -0.39 is 0 Å². The molecule has 0 radical (unpaired) electrons. The second-order valence-electron chi connectivity index (χ2n) is 7.19. The van der Waals surface area contributed by atoms with Crippen molar-refractivity contribution >= 4 is 0 Å². The molecule has 3 fully saturated rings. The molecule has 0 aliphatic heterocycles. The van der Waals surface area contributed by atoms with E-state index in [1.54, 1.807) is 6.42 Å². The van der Waals surface area contributed by atoms with Crippen LogP contribution in [0.5, 0.6) is 0 Å². The van der Waals surface area contributed by atoms with Crippen LogP contribution in [0.3, 0.4) is 0 Å². The summed E-state index contributed by atoms with van der Waals surface area (Å²) >= 11 is 0. The Kier molecular flexibility index (Phi) is 3.10. The summed E-state index contributed by atoms with van der Waals surface area (Å²) in [5.74, 6) is 5.68. The summed E-state index contributed by atoms with van der Waals surface area (Å²) in [6, 6.07) is 6.97. The molecule has 4 rings (SSSR count). The summed E-state index contributed by atoms with van der Waals surface area (Å²) in [7, 11) is 0. The summed E-state index contributed by atoms with van der Waals surface area (Å²) in [5, 5.41) is 3.80. The lowest BCUT2D eigenvalue weighted by atomic mass is 9.88. The van der Waals surface area contributed by atoms with E-state index in [9.17, 15) is 0 Å². The first-order valence-corrected chi connectivity index (χ1v) is 8.45. The van der Waals surface area contributed by atoms with Crippen LogP contribution in [-0.4, -0.2) is 17.6 Å². The molecule has 0 spiro atoms. The fraction of sp³-hybridized carbons (Fsp3) is 0.722. The average molecular weight is 270 g/mol. The maximum Gasteiger partial charge on any atom is 0.0447 e. The maximum absolute atomic E-state index is 4.60. The van der Waals surface area contributed by atoms with Crippen LogP contribution in [0.4, 0.5) is 0 Å². The molecule has 3 aliphatic rings. The Morgan fingerprint density at radius 2 is 2.00 bits per heavy atom. The van der Waals surface area contributed by atoms with Crippen molar-refractivity contribution in [1.82, 2.24) is 10.3 Å². The number of pyridine rings is 1. The van der Waals surface area contributed by atoms with Gasteiger partial charge in [-0.05, 0) is 67.5 Å². The number of aromatic nitrogens is 1. The Labute approximate surface area is 122 Å². The van der Waals surface area contributed by atoms with Gasteiger partial charge < -0.3 is 5.32 Å². The van der Waals surface area contributed by atoms with Crippen LogP contribution < -0.4 is 5.32 Å². The van der Waals surface area contributed by atoms with Gasteiger partial charge in [-0.25, -0.2) is 0 Å². The predicted octanol–water partition coefficient (Wildman–Crippen LogP) is 3.46. The minimum atomic E-state index is 0.533. The van der Waals surface area contributed by atoms with Crippen LogP contribution in [0, 0.1) is 29.6 Å². The molecule has 0 amide bonds. The van der Waals surface area contributed by atoms with Crippen molar-refractivity contribution in [1.29, 1.82) is 0 Å². The SMILES string of the molecule is CCNC(C(C)c1ccccn1)C1C2C3CCC(C3)C21. The average Bonchev–Trinajstić information content (AvgIpc) is 2.90. The van der Waals surface area contributed by atoms with Gasteiger partial charge in [0.05, 0.1) is 0 Å². The lowest BCUT2D eigenvalue weighted by Crippen LogP contribution is -2.38. The van der Waals surface area contributed by atoms with Crippen LogP contribution >= 0.6 is 0 Å². The van der Waals surface area contributed by atoms with E-state index in [1.165, 1.54) is 18.5 Å². The Bertz CT molecular complexity index is 456. The van der Waals surface area contributed by atoms with E-state index in [0.717, 1.165) is 36.1 Å². The summed E-state index contributed by atoms with van der Waals surface area (Å²) < 4.78 is 0. The van der Waals surface area contributed by atoms with E-state index in [-0.39, 0.29) is 0 Å². The predicted molar refractivity (Wildman–Crippen MR) is 81.4 cm³/mol. The van der Waals surface area contributed by atoms with E-state index >= 15 is 0 Å². The molecule has 0 saturated heterocycles. The smallest absolute Gasteiger partial charge is 0.0447 e. The molecule has 6 unspecified atom stereocenters. The van der Waals surface area contributed by atoms with Crippen LogP contribution in [-0.2, 0) is 0 Å². The molecular formula is C18H26N2. The van der Waals surface area contributed by atoms with Crippen molar-refractivity contribution in [2.45, 2.75) is 45.1 Å². The van der Waals surface area contributed by atoms with Gasteiger partial charge in [-0.1, -0.05) is 19.9 Å². The molecule has 108 valence electrons. The highest BCUT2D eigenvalue weighted by molar-refractivity contribution is 5.20. The fourth-order valence-corrected chi connectivity index (χ4v) is 5.58. The lowest BCUT2D eigenvalue weighted by molar-refractivity contribution is 0.333. The minimum absolute atomic E-state index is 0.533. The first-order valence-electron chi connectivity index (χ1n) is 8.45. The zero-order chi connectivity index (χ0) is 13.7. The third kappa shape index (κ3) is 1.84. The van der Waals surface area contributed by atoms with Gasteiger partial charge >= 0.3 is 0 Å². The number of fused-ring (bicyclic) bond motifs is 5. The quantitative estimate of drug-likeness (QED) is 0.886. The minimum Gasteiger partial charge on any atom is -0.313 e. The van der Waals surface area contributed by atoms with E-state index in [2.05, 4.69) is 36.3 Å². The standard InChI is InChI=1S/C18H26N2/c1-3-19-18(11(2)14-6-4-5-9-20-14)17-15-12-7-8-13(10-12)16(15)17/h4-6,9,11-13,15-19H,3,7-8,10H2,1-2H3. The van der Waals surface area contributed by atoms with Crippen molar-refractivity contribution in [2.24, 2.45) is 29.6 Å². The Morgan fingerprint density at radius 3 is 2.60 bits per heavy atom. The van der Waals surface area contributed by atoms with Gasteiger partial charge in [0.1, 0.15) is 0 Å². The van der Waals surface area contributed by atoms with Gasteiger partial charge in [0.15, 0.2) is 0 Å². The normalized spacial score (nSPS) is 40.4. The first kappa shape index (κ1) is 12.8. The molecule has 1 aromatic heterocycles. The van der Waals surface area contributed by atoms with Gasteiger partial charge in [0, 0.05) is 23.9 Å². The van der Waals surface area contributed by atoms with Gasteiger partial charge in [0.25, 0.3) is 0 Å². The topological polar surface area (TPSA) is 24.9 Å². The van der Waals surface area contributed by atoms with Crippen LogP contribution in [0.1, 0.15) is 44.7 Å². The molecule has 0 aromatic carbocycles. The molecule has 20 heavy (non-hydrogen) atoms. The monoisotopic (exact) mass is 270 g/mol. The third-order valence-corrected chi connectivity index (χ3v) is 6.34. The number of rotatable bonds is 5. The Balaban J connectivity index is 1.54. The number of nitrogens with one attached hydrogen (secondary N) is 1. The second kappa shape index (κ2) is 4.84. The van der Waals surface area contributed by atoms with Crippen molar-refractivity contribution in [3.63, 3.8) is 0 Å². The Morgan fingerprint density at radius 1 is 1.25 bits per heavy atom. The third-order valence-electron chi connectivity index (χ3n) is 6.34. The van der Waals surface area contributed by atoms with Crippen molar-refractivity contribution in [3.8, 4) is 0 Å². The van der Waals surface area contributed by atoms with E-state index in [4.69, 9.17) is 0 Å². The van der Waals surface area contributed by atoms with Crippen LogP contribution in [0.15, 0.2) is 24.4 Å². The molecule has 1 aromatic rings. The molecule has 3 aliphatic carbocycles. The summed E-state index contributed by atoms with van der Waals surface area (Å²) in [6.07, 6.45) is 6.51. The molecular weight excluding hydrogens is 244 g/mol. The van der Waals surface area contributed by atoms with Gasteiger partial charge in [-0.3, -0.25) is 4.98 Å².